The number of nitrogens with zero attached hydrogens (tertiary/aromatic N) is 2. The lowest BCUT2D eigenvalue weighted by atomic mass is 9.52. The summed E-state index contributed by atoms with van der Waals surface area (Å²) in [5.41, 5.74) is 21.0. The molecule has 1 aliphatic rings. The first-order chi connectivity index (χ1) is 22.3. The van der Waals surface area contributed by atoms with Gasteiger partial charge in [-0.15, -0.1) is 0 Å². The van der Waals surface area contributed by atoms with Crippen LogP contribution in [-0.4, -0.2) is 43.7 Å². The Hall–Kier alpha value is -5.24. The molecule has 6 aromatic rings. The molecule has 0 spiro atoms. The van der Waals surface area contributed by atoms with Crippen molar-refractivity contribution in [1.29, 1.82) is 0 Å². The summed E-state index contributed by atoms with van der Waals surface area (Å²) >= 11 is 0. The Bertz CT molecular complexity index is 1900. The van der Waals surface area contributed by atoms with Crippen molar-refractivity contribution in [2.45, 2.75) is 63.5 Å². The maximum Gasteiger partial charge on any atom is 0.273 e. The summed E-state index contributed by atoms with van der Waals surface area (Å²) in [5.74, 6) is 3.76. The van der Waals surface area contributed by atoms with Gasteiger partial charge in [-0.2, -0.15) is 0 Å². The van der Waals surface area contributed by atoms with E-state index in [2.05, 4.69) is 133 Å². The number of nitrogen functional groups attached to an aromatic ring is 2. The summed E-state index contributed by atoms with van der Waals surface area (Å²) in [6, 6.07) is 34.4. The standard InChI is InChI=1S/C38H40N8/c1-21(2)41-35(39)25-15-17-27-29(19-25)45-37(43-27)33-31(23-11-7-5-8-12-23)34(32(33)24-13-9-6-10-14-24)38-44-28-18-16-26(20-30(28)46-38)36(40)42-22(3)4/h5-22,31-34H,1-4H3,(H2,39,41)(H2,40,42)(H,43,45)(H,44,46)/p+2. The van der Waals surface area contributed by atoms with Crippen LogP contribution in [0.1, 0.15) is 85.3 Å². The molecule has 8 nitrogen and oxygen atoms in total. The van der Waals surface area contributed by atoms with Crippen LogP contribution < -0.4 is 21.5 Å². The number of amidine groups is 2. The van der Waals surface area contributed by atoms with Gasteiger partial charge in [-0.05, 0) is 75.2 Å². The minimum absolute atomic E-state index is 0.101. The molecular weight excluding hydrogens is 568 g/mol. The van der Waals surface area contributed by atoms with Gasteiger partial charge in [-0.3, -0.25) is 21.5 Å². The molecule has 8 N–H and O–H groups in total. The number of aromatic amines is 2. The van der Waals surface area contributed by atoms with E-state index in [9.17, 15) is 0 Å². The van der Waals surface area contributed by atoms with E-state index in [1.807, 2.05) is 12.1 Å². The third kappa shape index (κ3) is 5.44. The normalized spacial score (nSPS) is 20.6. The second-order valence-corrected chi connectivity index (χ2v) is 13.1. The number of nitrogens with one attached hydrogen (secondary N) is 4. The van der Waals surface area contributed by atoms with Gasteiger partial charge < -0.3 is 9.97 Å². The Morgan fingerprint density at radius 3 is 1.33 bits per heavy atom. The molecule has 4 aromatic carbocycles. The molecule has 2 aromatic heterocycles. The van der Waals surface area contributed by atoms with Crippen LogP contribution in [0, 0.1) is 0 Å². The minimum atomic E-state index is 0.101. The van der Waals surface area contributed by atoms with E-state index < -0.39 is 0 Å². The molecule has 2 heterocycles. The van der Waals surface area contributed by atoms with Crippen LogP contribution in [-0.2, 0) is 0 Å². The van der Waals surface area contributed by atoms with E-state index >= 15 is 0 Å². The third-order valence-electron chi connectivity index (χ3n) is 9.06. The van der Waals surface area contributed by atoms with Gasteiger partial charge in [-0.25, -0.2) is 9.97 Å². The zero-order valence-electron chi connectivity index (χ0n) is 26.8. The lowest BCUT2D eigenvalue weighted by Crippen LogP contribution is -2.80. The highest BCUT2D eigenvalue weighted by Gasteiger charge is 2.55. The summed E-state index contributed by atoms with van der Waals surface area (Å²) in [7, 11) is 0. The fraction of sp³-hybridized carbons (Fsp3) is 0.263. The first-order valence-electron chi connectivity index (χ1n) is 16.1. The molecule has 1 fully saturated rings. The highest BCUT2D eigenvalue weighted by molar-refractivity contribution is 5.97. The predicted octanol–water partition coefficient (Wildman–Crippen LogP) is 3.28. The summed E-state index contributed by atoms with van der Waals surface area (Å²) in [6.45, 7) is 8.33. The molecule has 46 heavy (non-hydrogen) atoms. The predicted molar refractivity (Wildman–Crippen MR) is 185 cm³/mol. The number of benzene rings is 4. The number of hydrogen-bond acceptors (Lipinski definition) is 2. The lowest BCUT2D eigenvalue weighted by molar-refractivity contribution is -0.494. The van der Waals surface area contributed by atoms with Crippen LogP contribution in [0.4, 0.5) is 0 Å². The SMILES string of the molecule is CC(C)[NH+]=C(N)c1ccc2nc(C3C(c4ccccc4)C(c4nc5ccc(C(N)=[NH+]C(C)C)cc5[nH]4)C3c3ccccc3)[nH]c2c1. The van der Waals surface area contributed by atoms with Gasteiger partial charge in [0, 0.05) is 23.7 Å². The molecule has 0 saturated heterocycles. The monoisotopic (exact) mass is 610 g/mol. The topological polar surface area (TPSA) is 137 Å². The Morgan fingerprint density at radius 1 is 0.565 bits per heavy atom. The summed E-state index contributed by atoms with van der Waals surface area (Å²) < 4.78 is 0. The van der Waals surface area contributed by atoms with E-state index in [0.717, 1.165) is 44.8 Å². The Kier molecular flexibility index (Phi) is 7.64. The number of rotatable bonds is 8. The lowest BCUT2D eigenvalue weighted by Gasteiger charge is -2.51. The van der Waals surface area contributed by atoms with Crippen molar-refractivity contribution < 1.29 is 9.98 Å². The highest BCUT2D eigenvalue weighted by Crippen LogP contribution is 2.65. The number of hydrogen-bond donors (Lipinski definition) is 6. The fourth-order valence-electron chi connectivity index (χ4n) is 7.11. The Balaban J connectivity index is 1.35. The molecule has 1 aliphatic carbocycles. The van der Waals surface area contributed by atoms with Gasteiger partial charge in [-0.1, -0.05) is 60.7 Å². The zero-order valence-corrected chi connectivity index (χ0v) is 26.8. The minimum Gasteiger partial charge on any atom is -0.342 e. The van der Waals surface area contributed by atoms with Crippen molar-refractivity contribution in [2.24, 2.45) is 11.5 Å². The van der Waals surface area contributed by atoms with Gasteiger partial charge in [0.1, 0.15) is 11.6 Å². The molecule has 0 bridgehead atoms. The van der Waals surface area contributed by atoms with Crippen LogP contribution in [0.15, 0.2) is 97.1 Å². The average Bonchev–Trinajstić information content (AvgIpc) is 3.64. The molecule has 0 unspecified atom stereocenters. The van der Waals surface area contributed by atoms with Crippen LogP contribution in [0.3, 0.4) is 0 Å². The zero-order chi connectivity index (χ0) is 31.9. The maximum absolute atomic E-state index is 6.40. The molecule has 0 atom stereocenters. The second-order valence-electron chi connectivity index (χ2n) is 13.1. The van der Waals surface area contributed by atoms with E-state index in [0.29, 0.717) is 11.7 Å². The fourth-order valence-corrected chi connectivity index (χ4v) is 7.11. The summed E-state index contributed by atoms with van der Waals surface area (Å²) in [6.07, 6.45) is 0. The summed E-state index contributed by atoms with van der Waals surface area (Å²) in [5, 5.41) is 0. The first kappa shape index (κ1) is 29.5. The molecule has 1 saturated carbocycles. The van der Waals surface area contributed by atoms with Gasteiger partial charge in [0.2, 0.25) is 0 Å². The smallest absolute Gasteiger partial charge is 0.273 e. The Labute approximate surface area is 269 Å². The molecule has 0 amide bonds. The highest BCUT2D eigenvalue weighted by atomic mass is 15.0. The van der Waals surface area contributed by atoms with Gasteiger partial charge in [0.15, 0.2) is 0 Å². The first-order valence-corrected chi connectivity index (χ1v) is 16.1. The van der Waals surface area contributed by atoms with Crippen LogP contribution in [0.25, 0.3) is 22.1 Å². The second kappa shape index (κ2) is 11.9. The Morgan fingerprint density at radius 2 is 0.957 bits per heavy atom. The van der Waals surface area contributed by atoms with Crippen LogP contribution in [0.2, 0.25) is 0 Å². The summed E-state index contributed by atoms with van der Waals surface area (Å²) in [4.78, 5) is 24.5. The van der Waals surface area contributed by atoms with E-state index in [1.54, 1.807) is 0 Å². The number of imidazole rings is 2. The van der Waals surface area contributed by atoms with Crippen molar-refractivity contribution in [3.05, 3.63) is 131 Å². The molecule has 8 heteroatoms. The number of nitrogens with two attached hydrogens (primary N) is 2. The van der Waals surface area contributed by atoms with Crippen molar-refractivity contribution in [1.82, 2.24) is 19.9 Å². The molecule has 7 rings (SSSR count). The third-order valence-corrected chi connectivity index (χ3v) is 9.06. The van der Waals surface area contributed by atoms with Crippen molar-refractivity contribution in [3.63, 3.8) is 0 Å². The maximum atomic E-state index is 6.40. The quantitative estimate of drug-likeness (QED) is 0.116. The van der Waals surface area contributed by atoms with E-state index in [-0.39, 0.29) is 35.8 Å². The van der Waals surface area contributed by atoms with Crippen molar-refractivity contribution >= 4 is 33.7 Å². The number of H-pyrrole nitrogens is 2. The van der Waals surface area contributed by atoms with Crippen LogP contribution in [0.5, 0.6) is 0 Å². The van der Waals surface area contributed by atoms with Gasteiger partial charge >= 0.3 is 0 Å². The average molecular weight is 611 g/mol. The van der Waals surface area contributed by atoms with Crippen LogP contribution >= 0.6 is 0 Å². The number of fused-ring (bicyclic) bond motifs is 2. The van der Waals surface area contributed by atoms with Gasteiger partial charge in [0.05, 0.1) is 45.3 Å². The van der Waals surface area contributed by atoms with Crippen molar-refractivity contribution in [3.8, 4) is 0 Å². The molecule has 0 aliphatic heterocycles. The van der Waals surface area contributed by atoms with E-state index in [4.69, 9.17) is 21.4 Å². The van der Waals surface area contributed by atoms with E-state index in [1.165, 1.54) is 11.1 Å². The molecule has 0 radical (unpaired) electrons. The largest absolute Gasteiger partial charge is 0.342 e. The van der Waals surface area contributed by atoms with Crippen molar-refractivity contribution in [2.75, 3.05) is 0 Å². The molecule has 232 valence electrons. The molecular formula is C38H42N8+2. The number of aromatic nitrogens is 4. The van der Waals surface area contributed by atoms with Gasteiger partial charge in [0.25, 0.3) is 11.7 Å².